The molecular weight excluding hydrogens is 541 g/mol. The van der Waals surface area contributed by atoms with Crippen LogP contribution in [0.5, 0.6) is 0 Å². The van der Waals surface area contributed by atoms with E-state index in [4.69, 9.17) is 0 Å². The van der Waals surface area contributed by atoms with Crippen LogP contribution in [-0.4, -0.2) is 4.57 Å². The van der Waals surface area contributed by atoms with Gasteiger partial charge in [-0.1, -0.05) is 127 Å². The second kappa shape index (κ2) is 9.16. The van der Waals surface area contributed by atoms with Crippen LogP contribution in [0.25, 0.3) is 60.5 Å². The summed E-state index contributed by atoms with van der Waals surface area (Å²) in [7, 11) is -3.06. The summed E-state index contributed by atoms with van der Waals surface area (Å²) >= 11 is 0. The minimum Gasteiger partial charge on any atom is -0.309 e. The van der Waals surface area contributed by atoms with Crippen molar-refractivity contribution in [1.29, 1.82) is 0 Å². The van der Waals surface area contributed by atoms with Crippen LogP contribution in [0, 0.1) is 0 Å². The molecule has 0 spiro atoms. The second-order valence-corrected chi connectivity index (χ2v) is 14.0. The summed E-state index contributed by atoms with van der Waals surface area (Å²) in [4.78, 5) is 0. The largest absolute Gasteiger partial charge is 0.309 e. The Balaban J connectivity index is 1.31. The zero-order chi connectivity index (χ0) is 28.5. The maximum atomic E-state index is 15.0. The molecule has 7 aromatic carbocycles. The molecule has 0 unspecified atom stereocenters. The van der Waals surface area contributed by atoms with Crippen molar-refractivity contribution < 1.29 is 4.57 Å². The van der Waals surface area contributed by atoms with Crippen LogP contribution in [-0.2, 0) is 4.57 Å². The van der Waals surface area contributed by atoms with E-state index >= 15 is 4.57 Å². The van der Waals surface area contributed by atoms with E-state index in [9.17, 15) is 0 Å². The van der Waals surface area contributed by atoms with E-state index in [0.29, 0.717) is 0 Å². The summed E-state index contributed by atoms with van der Waals surface area (Å²) in [6, 6.07) is 54.6. The van der Waals surface area contributed by atoms with Gasteiger partial charge in [-0.15, -0.1) is 0 Å². The van der Waals surface area contributed by atoms with Crippen molar-refractivity contribution >= 4 is 55.6 Å². The van der Waals surface area contributed by atoms with E-state index in [1.807, 2.05) is 60.7 Å². The lowest BCUT2D eigenvalue weighted by atomic mass is 10.0. The van der Waals surface area contributed by atoms with Crippen LogP contribution in [0.2, 0.25) is 0 Å². The first-order valence-corrected chi connectivity index (χ1v) is 16.3. The number of hydrogen-bond acceptors (Lipinski definition) is 1. The summed E-state index contributed by atoms with van der Waals surface area (Å²) in [6.45, 7) is 0. The van der Waals surface area contributed by atoms with Crippen molar-refractivity contribution in [3.63, 3.8) is 0 Å². The lowest BCUT2D eigenvalue weighted by Gasteiger charge is -2.20. The van der Waals surface area contributed by atoms with Gasteiger partial charge in [-0.3, -0.25) is 0 Å². The highest BCUT2D eigenvalue weighted by Gasteiger charge is 2.30. The van der Waals surface area contributed by atoms with Gasteiger partial charge in [0.25, 0.3) is 0 Å². The average molecular weight is 568 g/mol. The molecule has 2 nitrogen and oxygen atoms in total. The van der Waals surface area contributed by atoms with Crippen molar-refractivity contribution in [1.82, 2.24) is 4.57 Å². The molecule has 9 rings (SSSR count). The number of rotatable bonds is 4. The van der Waals surface area contributed by atoms with Crippen molar-refractivity contribution in [3.8, 4) is 27.9 Å². The third-order valence-electron chi connectivity index (χ3n) is 9.01. The zero-order valence-corrected chi connectivity index (χ0v) is 24.2. The molecule has 1 aliphatic carbocycles. The fraction of sp³-hybridized carbons (Fsp3) is 0. The van der Waals surface area contributed by atoms with Gasteiger partial charge in [-0.2, -0.15) is 0 Å². The third-order valence-corrected chi connectivity index (χ3v) is 12.1. The van der Waals surface area contributed by atoms with Gasteiger partial charge >= 0.3 is 0 Å². The Morgan fingerprint density at radius 2 is 1.05 bits per heavy atom. The van der Waals surface area contributed by atoms with E-state index in [1.165, 1.54) is 49.3 Å². The van der Waals surface area contributed by atoms with Crippen LogP contribution in [0.15, 0.2) is 158 Å². The molecule has 0 bridgehead atoms. The topological polar surface area (TPSA) is 22.0 Å². The highest BCUT2D eigenvalue weighted by molar-refractivity contribution is 7.85. The Morgan fingerprint density at radius 1 is 0.442 bits per heavy atom. The van der Waals surface area contributed by atoms with E-state index in [2.05, 4.69) is 102 Å². The van der Waals surface area contributed by atoms with Gasteiger partial charge in [0.05, 0.1) is 11.0 Å². The van der Waals surface area contributed by atoms with Gasteiger partial charge in [-0.05, 0) is 57.8 Å². The van der Waals surface area contributed by atoms with Gasteiger partial charge in [-0.25, -0.2) is 0 Å². The van der Waals surface area contributed by atoms with Gasteiger partial charge < -0.3 is 9.13 Å². The quantitative estimate of drug-likeness (QED) is 0.194. The molecule has 8 aromatic rings. The molecule has 0 fully saturated rings. The molecule has 202 valence electrons. The molecule has 0 saturated carbocycles. The molecule has 0 aliphatic heterocycles. The van der Waals surface area contributed by atoms with E-state index in [1.54, 1.807) is 0 Å². The summed E-state index contributed by atoms with van der Waals surface area (Å²) in [5, 5.41) is 7.57. The Labute approximate surface area is 249 Å². The number of nitrogens with zero attached hydrogens (tertiary/aromatic N) is 1. The van der Waals surface area contributed by atoms with E-state index < -0.39 is 7.14 Å². The second-order valence-electron chi connectivity index (χ2n) is 11.2. The van der Waals surface area contributed by atoms with Crippen LogP contribution in [0.4, 0.5) is 0 Å². The third kappa shape index (κ3) is 3.39. The van der Waals surface area contributed by atoms with Crippen molar-refractivity contribution in [2.24, 2.45) is 0 Å². The van der Waals surface area contributed by atoms with Gasteiger partial charge in [0, 0.05) is 37.9 Å². The van der Waals surface area contributed by atoms with E-state index in [-0.39, 0.29) is 0 Å². The number of hydrogen-bond donors (Lipinski definition) is 0. The first-order chi connectivity index (χ1) is 21.2. The maximum Gasteiger partial charge on any atom is 0.171 e. The number of para-hydroxylation sites is 1. The predicted molar refractivity (Wildman–Crippen MR) is 182 cm³/mol. The highest BCUT2D eigenvalue weighted by Crippen LogP contribution is 2.52. The van der Waals surface area contributed by atoms with Crippen molar-refractivity contribution in [2.45, 2.75) is 0 Å². The highest BCUT2D eigenvalue weighted by atomic mass is 31.2. The van der Waals surface area contributed by atoms with Crippen LogP contribution >= 0.6 is 7.14 Å². The summed E-state index contributed by atoms with van der Waals surface area (Å²) in [6.07, 6.45) is 0. The zero-order valence-electron chi connectivity index (χ0n) is 23.3. The molecule has 0 N–H and O–H groups in total. The standard InChI is InChI=1S/C40H26NOP/c42-43(29-13-3-1-4-14-29,30-15-5-2-6-16-30)31-23-21-28(22-24-31)41-37-20-8-7-17-32(37)35-26-25-34-33-18-9-11-27-12-10-19-36(38(27)33)39(34)40(35)41/h1-26H. The fourth-order valence-electron chi connectivity index (χ4n) is 7.13. The minimum atomic E-state index is -3.06. The lowest BCUT2D eigenvalue weighted by Crippen LogP contribution is -2.24. The van der Waals surface area contributed by atoms with Crippen molar-refractivity contribution in [2.75, 3.05) is 0 Å². The molecule has 1 aromatic heterocycles. The number of aromatic nitrogens is 1. The fourth-order valence-corrected chi connectivity index (χ4v) is 9.78. The predicted octanol–water partition coefficient (Wildman–Crippen LogP) is 9.22. The van der Waals surface area contributed by atoms with Gasteiger partial charge in [0.15, 0.2) is 7.14 Å². The SMILES string of the molecule is O=P(c1ccccc1)(c1ccccc1)c1ccc(-n2c3ccccc3c3ccc4c(c32)-c2cccc3cccc-4c23)cc1. The molecule has 0 radical (unpaired) electrons. The van der Waals surface area contributed by atoms with Crippen LogP contribution < -0.4 is 15.9 Å². The molecule has 1 aliphatic rings. The maximum absolute atomic E-state index is 15.0. The molecule has 1 heterocycles. The smallest absolute Gasteiger partial charge is 0.171 e. The Bertz CT molecular complexity index is 2360. The first-order valence-electron chi connectivity index (χ1n) is 14.6. The minimum absolute atomic E-state index is 0.830. The molecule has 0 amide bonds. The average Bonchev–Trinajstić information content (AvgIpc) is 3.59. The monoisotopic (exact) mass is 567 g/mol. The molecule has 3 heteroatoms. The lowest BCUT2D eigenvalue weighted by molar-refractivity contribution is 0.592. The first kappa shape index (κ1) is 24.4. The normalized spacial score (nSPS) is 12.3. The van der Waals surface area contributed by atoms with Crippen LogP contribution in [0.3, 0.4) is 0 Å². The van der Waals surface area contributed by atoms with Gasteiger partial charge in [0.1, 0.15) is 0 Å². The summed E-state index contributed by atoms with van der Waals surface area (Å²) in [5.74, 6) is 0. The molecular formula is C40H26NOP. The Morgan fingerprint density at radius 3 is 1.74 bits per heavy atom. The number of fused-ring (bicyclic) bond motifs is 7. The van der Waals surface area contributed by atoms with E-state index in [0.717, 1.165) is 27.1 Å². The Kier molecular flexibility index (Phi) is 5.21. The van der Waals surface area contributed by atoms with Crippen molar-refractivity contribution in [3.05, 3.63) is 158 Å². The molecule has 0 atom stereocenters. The van der Waals surface area contributed by atoms with Crippen LogP contribution in [0.1, 0.15) is 0 Å². The summed E-state index contributed by atoms with van der Waals surface area (Å²) < 4.78 is 17.4. The molecule has 0 saturated heterocycles. The van der Waals surface area contributed by atoms with Gasteiger partial charge in [0.2, 0.25) is 0 Å². The molecule has 43 heavy (non-hydrogen) atoms. The Hall–Kier alpha value is -5.17. The number of benzene rings is 7. The summed E-state index contributed by atoms with van der Waals surface area (Å²) in [5.41, 5.74) is 8.57.